The maximum Gasteiger partial charge on any atom is 0.146 e. The van der Waals surface area contributed by atoms with E-state index in [2.05, 4.69) is 18.0 Å². The molecular formula is C12H18N4. The van der Waals surface area contributed by atoms with Gasteiger partial charge in [-0.1, -0.05) is 19.8 Å². The summed E-state index contributed by atoms with van der Waals surface area (Å²) in [6.07, 6.45) is 5.09. The summed E-state index contributed by atoms with van der Waals surface area (Å²) in [4.78, 5) is 6.21. The van der Waals surface area contributed by atoms with Crippen molar-refractivity contribution in [2.24, 2.45) is 0 Å². The monoisotopic (exact) mass is 218 g/mol. The first-order chi connectivity index (χ1) is 7.69. The van der Waals surface area contributed by atoms with Gasteiger partial charge in [-0.05, 0) is 12.5 Å². The van der Waals surface area contributed by atoms with Gasteiger partial charge in [0, 0.05) is 13.6 Å². The molecular weight excluding hydrogens is 200 g/mol. The van der Waals surface area contributed by atoms with E-state index in [0.717, 1.165) is 13.0 Å². The van der Waals surface area contributed by atoms with E-state index in [1.165, 1.54) is 12.8 Å². The van der Waals surface area contributed by atoms with Crippen LogP contribution in [0.3, 0.4) is 0 Å². The van der Waals surface area contributed by atoms with E-state index in [1.807, 2.05) is 11.9 Å². The molecule has 0 aliphatic heterocycles. The van der Waals surface area contributed by atoms with Crippen LogP contribution in [0.2, 0.25) is 0 Å². The maximum absolute atomic E-state index is 8.99. The van der Waals surface area contributed by atoms with Crippen LogP contribution in [0.25, 0.3) is 0 Å². The van der Waals surface area contributed by atoms with E-state index in [-0.39, 0.29) is 0 Å². The highest BCUT2D eigenvalue weighted by atomic mass is 15.2. The van der Waals surface area contributed by atoms with Crippen LogP contribution < -0.4 is 10.6 Å². The Bertz CT molecular complexity index is 381. The van der Waals surface area contributed by atoms with Gasteiger partial charge in [-0.15, -0.1) is 0 Å². The molecule has 1 rings (SSSR count). The van der Waals surface area contributed by atoms with Gasteiger partial charge in [-0.3, -0.25) is 0 Å². The van der Waals surface area contributed by atoms with Gasteiger partial charge in [0.1, 0.15) is 11.9 Å². The number of nitrogens with two attached hydrogens (primary N) is 1. The number of hydrogen-bond donors (Lipinski definition) is 1. The molecule has 4 nitrogen and oxygen atoms in total. The van der Waals surface area contributed by atoms with E-state index in [9.17, 15) is 0 Å². The summed E-state index contributed by atoms with van der Waals surface area (Å²) in [5.74, 6) is 0.716. The average molecular weight is 218 g/mol. The van der Waals surface area contributed by atoms with Gasteiger partial charge in [-0.25, -0.2) is 4.98 Å². The third-order valence-corrected chi connectivity index (χ3v) is 2.47. The van der Waals surface area contributed by atoms with E-state index >= 15 is 0 Å². The molecule has 0 radical (unpaired) electrons. The van der Waals surface area contributed by atoms with Crippen LogP contribution in [-0.2, 0) is 0 Å². The van der Waals surface area contributed by atoms with Crippen molar-refractivity contribution in [1.29, 1.82) is 5.26 Å². The minimum Gasteiger partial charge on any atom is -0.397 e. The van der Waals surface area contributed by atoms with Gasteiger partial charge in [0.15, 0.2) is 0 Å². The van der Waals surface area contributed by atoms with Gasteiger partial charge in [0.25, 0.3) is 0 Å². The highest BCUT2D eigenvalue weighted by Crippen LogP contribution is 2.18. The molecule has 0 aromatic carbocycles. The number of nitrogen functional groups attached to an aromatic ring is 1. The van der Waals surface area contributed by atoms with Crippen LogP contribution in [0.4, 0.5) is 11.5 Å². The third-order valence-electron chi connectivity index (χ3n) is 2.47. The Morgan fingerprint density at radius 2 is 2.25 bits per heavy atom. The van der Waals surface area contributed by atoms with Crippen molar-refractivity contribution < 1.29 is 0 Å². The zero-order chi connectivity index (χ0) is 12.0. The maximum atomic E-state index is 8.99. The number of nitrogens with zero attached hydrogens (tertiary/aromatic N) is 3. The van der Waals surface area contributed by atoms with E-state index in [4.69, 9.17) is 11.0 Å². The summed E-state index contributed by atoms with van der Waals surface area (Å²) >= 11 is 0. The Balaban J connectivity index is 2.75. The number of pyridine rings is 1. The lowest BCUT2D eigenvalue weighted by atomic mass is 10.2. The van der Waals surface area contributed by atoms with Crippen molar-refractivity contribution in [2.45, 2.75) is 26.2 Å². The highest BCUT2D eigenvalue weighted by Gasteiger charge is 2.08. The number of anilines is 2. The van der Waals surface area contributed by atoms with Crippen LogP contribution in [0.5, 0.6) is 0 Å². The van der Waals surface area contributed by atoms with Crippen LogP contribution in [0.1, 0.15) is 31.7 Å². The standard InChI is InChI=1S/C12H18N4/c1-3-4-5-6-16(2)12-10(8-13)7-11(14)9-15-12/h7,9H,3-6,14H2,1-2H3. The van der Waals surface area contributed by atoms with Crippen LogP contribution >= 0.6 is 0 Å². The van der Waals surface area contributed by atoms with Crippen molar-refractivity contribution >= 4 is 11.5 Å². The highest BCUT2D eigenvalue weighted by molar-refractivity contribution is 5.58. The first-order valence-electron chi connectivity index (χ1n) is 5.55. The van der Waals surface area contributed by atoms with Crippen LogP contribution in [0.15, 0.2) is 12.3 Å². The number of nitriles is 1. The molecule has 0 atom stereocenters. The van der Waals surface area contributed by atoms with Gasteiger partial charge in [0.05, 0.1) is 17.4 Å². The van der Waals surface area contributed by atoms with E-state index in [0.29, 0.717) is 17.1 Å². The fourth-order valence-corrected chi connectivity index (χ4v) is 1.57. The molecule has 0 aliphatic carbocycles. The first-order valence-corrected chi connectivity index (χ1v) is 5.55. The second-order valence-corrected chi connectivity index (χ2v) is 3.88. The van der Waals surface area contributed by atoms with Gasteiger partial charge < -0.3 is 10.6 Å². The Morgan fingerprint density at radius 3 is 2.88 bits per heavy atom. The van der Waals surface area contributed by atoms with Crippen molar-refractivity contribution in [3.05, 3.63) is 17.8 Å². The minimum absolute atomic E-state index is 0.530. The Kier molecular flexibility index (Phi) is 4.59. The molecule has 0 saturated carbocycles. The average Bonchev–Trinajstić information content (AvgIpc) is 2.29. The molecule has 1 heterocycles. The largest absolute Gasteiger partial charge is 0.397 e. The van der Waals surface area contributed by atoms with Crippen LogP contribution in [0, 0.1) is 11.3 Å². The van der Waals surface area contributed by atoms with E-state index in [1.54, 1.807) is 12.3 Å². The Hall–Kier alpha value is -1.76. The lowest BCUT2D eigenvalue weighted by molar-refractivity contribution is 0.701. The smallest absolute Gasteiger partial charge is 0.146 e. The zero-order valence-electron chi connectivity index (χ0n) is 9.90. The summed E-state index contributed by atoms with van der Waals surface area (Å²) in [6.45, 7) is 3.08. The van der Waals surface area contributed by atoms with Crippen molar-refractivity contribution in [1.82, 2.24) is 4.98 Å². The lowest BCUT2D eigenvalue weighted by Gasteiger charge is -2.19. The molecule has 0 fully saturated rings. The second kappa shape index (κ2) is 5.96. The molecule has 0 unspecified atom stereocenters. The lowest BCUT2D eigenvalue weighted by Crippen LogP contribution is -2.20. The fraction of sp³-hybridized carbons (Fsp3) is 0.500. The first kappa shape index (κ1) is 12.3. The summed E-state index contributed by atoms with van der Waals surface area (Å²) in [6, 6.07) is 3.79. The van der Waals surface area contributed by atoms with Gasteiger partial charge in [-0.2, -0.15) is 5.26 Å². The SMILES string of the molecule is CCCCCN(C)c1ncc(N)cc1C#N. The quantitative estimate of drug-likeness (QED) is 0.769. The molecule has 86 valence electrons. The number of aromatic nitrogens is 1. The molecule has 0 bridgehead atoms. The van der Waals surface area contributed by atoms with Crippen molar-refractivity contribution in [3.8, 4) is 6.07 Å². The fourth-order valence-electron chi connectivity index (χ4n) is 1.57. The molecule has 2 N–H and O–H groups in total. The molecule has 1 aromatic heterocycles. The molecule has 0 saturated heterocycles. The summed E-state index contributed by atoms with van der Waals surface area (Å²) < 4.78 is 0. The minimum atomic E-state index is 0.530. The molecule has 0 aliphatic rings. The zero-order valence-corrected chi connectivity index (χ0v) is 9.90. The summed E-state index contributed by atoms with van der Waals surface area (Å²) in [5.41, 5.74) is 6.66. The Labute approximate surface area is 96.7 Å². The van der Waals surface area contributed by atoms with Crippen molar-refractivity contribution in [2.75, 3.05) is 24.2 Å². The van der Waals surface area contributed by atoms with E-state index < -0.39 is 0 Å². The number of hydrogen-bond acceptors (Lipinski definition) is 4. The van der Waals surface area contributed by atoms with Crippen LogP contribution in [-0.4, -0.2) is 18.6 Å². The van der Waals surface area contributed by atoms with Gasteiger partial charge >= 0.3 is 0 Å². The molecule has 16 heavy (non-hydrogen) atoms. The predicted octanol–water partition coefficient (Wildman–Crippen LogP) is 2.16. The normalized spacial score (nSPS) is 9.81. The summed E-state index contributed by atoms with van der Waals surface area (Å²) in [5, 5.41) is 8.99. The molecule has 4 heteroatoms. The Morgan fingerprint density at radius 1 is 1.50 bits per heavy atom. The van der Waals surface area contributed by atoms with Gasteiger partial charge in [0.2, 0.25) is 0 Å². The summed E-state index contributed by atoms with van der Waals surface area (Å²) in [7, 11) is 1.95. The van der Waals surface area contributed by atoms with Crippen molar-refractivity contribution in [3.63, 3.8) is 0 Å². The second-order valence-electron chi connectivity index (χ2n) is 3.88. The molecule has 1 aromatic rings. The molecule has 0 spiro atoms. The third kappa shape index (κ3) is 3.13. The topological polar surface area (TPSA) is 65.9 Å². The predicted molar refractivity (Wildman–Crippen MR) is 66.2 cm³/mol. The number of unbranched alkanes of at least 4 members (excludes halogenated alkanes) is 2. The molecule has 0 amide bonds. The number of rotatable bonds is 5.